The van der Waals surface area contributed by atoms with Crippen LogP contribution in [0.5, 0.6) is 0 Å². The molecular weight excluding hydrogens is 382 g/mol. The van der Waals surface area contributed by atoms with Crippen molar-refractivity contribution >= 4 is 28.6 Å². The minimum Gasteiger partial charge on any atom is -0.335 e. The zero-order valence-corrected chi connectivity index (χ0v) is 17.2. The van der Waals surface area contributed by atoms with E-state index in [9.17, 15) is 9.59 Å². The van der Waals surface area contributed by atoms with Crippen LogP contribution in [0, 0.1) is 6.92 Å². The second-order valence-corrected chi connectivity index (χ2v) is 7.49. The van der Waals surface area contributed by atoms with E-state index in [0.717, 1.165) is 11.3 Å². The number of amides is 1. The van der Waals surface area contributed by atoms with Gasteiger partial charge in [-0.3, -0.25) is 14.2 Å². The van der Waals surface area contributed by atoms with Crippen molar-refractivity contribution in [3.05, 3.63) is 89.8 Å². The Morgan fingerprint density at radius 2 is 1.76 bits per heavy atom. The summed E-state index contributed by atoms with van der Waals surface area (Å²) in [5.41, 5.74) is 2.29. The molecule has 1 amide bonds. The second-order valence-electron chi connectivity index (χ2n) is 6.55. The number of fused-ring (bicyclic) bond motifs is 1. The maximum Gasteiger partial charge on any atom is 0.266 e. The predicted molar refractivity (Wildman–Crippen MR) is 120 cm³/mol. The van der Waals surface area contributed by atoms with E-state index in [1.165, 1.54) is 11.8 Å². The minimum absolute atomic E-state index is 0.0623. The summed E-state index contributed by atoms with van der Waals surface area (Å²) in [5, 5.41) is 1.03. The van der Waals surface area contributed by atoms with E-state index in [4.69, 9.17) is 0 Å². The Morgan fingerprint density at radius 3 is 2.41 bits per heavy atom. The molecule has 0 saturated heterocycles. The number of thioether (sulfide) groups is 1. The van der Waals surface area contributed by atoms with Crippen LogP contribution in [0.25, 0.3) is 16.6 Å². The van der Waals surface area contributed by atoms with Crippen LogP contribution in [-0.2, 0) is 4.79 Å². The Labute approximate surface area is 174 Å². The van der Waals surface area contributed by atoms with E-state index < -0.39 is 0 Å². The highest BCUT2D eigenvalue weighted by Gasteiger charge is 2.17. The van der Waals surface area contributed by atoms with Crippen LogP contribution in [0.1, 0.15) is 5.56 Å². The average Bonchev–Trinajstić information content (AvgIpc) is 2.73. The number of rotatable bonds is 8. The number of aryl methyl sites for hydroxylation is 1. The summed E-state index contributed by atoms with van der Waals surface area (Å²) in [6, 6.07) is 14.9. The van der Waals surface area contributed by atoms with Gasteiger partial charge in [0, 0.05) is 13.1 Å². The molecule has 0 spiro atoms. The standard InChI is InChI=1S/C23H23N3O2S/c1-4-14-25(15-5-2)21(27)16-29-23-24-20-9-7-6-8-19(20)22(28)26(23)18-12-10-17(3)11-13-18/h4-13H,1-2,14-16H2,3H3. The summed E-state index contributed by atoms with van der Waals surface area (Å²) >= 11 is 1.26. The summed E-state index contributed by atoms with van der Waals surface area (Å²) in [7, 11) is 0. The van der Waals surface area contributed by atoms with Gasteiger partial charge in [-0.25, -0.2) is 4.98 Å². The van der Waals surface area contributed by atoms with Gasteiger partial charge in [0.25, 0.3) is 5.56 Å². The first-order valence-corrected chi connectivity index (χ1v) is 10.2. The van der Waals surface area contributed by atoms with Crippen molar-refractivity contribution in [2.45, 2.75) is 12.1 Å². The molecule has 0 aliphatic rings. The third kappa shape index (κ3) is 4.66. The first-order chi connectivity index (χ1) is 14.0. The predicted octanol–water partition coefficient (Wildman–Crippen LogP) is 3.99. The smallest absolute Gasteiger partial charge is 0.266 e. The van der Waals surface area contributed by atoms with Crippen molar-refractivity contribution in [3.63, 3.8) is 0 Å². The van der Waals surface area contributed by atoms with Gasteiger partial charge in [0.2, 0.25) is 5.91 Å². The largest absolute Gasteiger partial charge is 0.335 e. The van der Waals surface area contributed by atoms with Gasteiger partial charge >= 0.3 is 0 Å². The molecule has 0 aliphatic carbocycles. The van der Waals surface area contributed by atoms with Gasteiger partial charge < -0.3 is 4.90 Å². The highest BCUT2D eigenvalue weighted by molar-refractivity contribution is 7.99. The topological polar surface area (TPSA) is 55.2 Å². The number of nitrogens with zero attached hydrogens (tertiary/aromatic N) is 3. The second kappa shape index (κ2) is 9.39. The van der Waals surface area contributed by atoms with Crippen molar-refractivity contribution in [1.29, 1.82) is 0 Å². The summed E-state index contributed by atoms with van der Waals surface area (Å²) in [6.45, 7) is 10.3. The molecule has 3 aromatic rings. The summed E-state index contributed by atoms with van der Waals surface area (Å²) in [5.74, 6) is 0.103. The maximum absolute atomic E-state index is 13.2. The third-order valence-corrected chi connectivity index (χ3v) is 5.34. The first kappa shape index (κ1) is 20.6. The number of hydrogen-bond donors (Lipinski definition) is 0. The van der Waals surface area contributed by atoms with Crippen LogP contribution >= 0.6 is 11.8 Å². The normalized spacial score (nSPS) is 10.7. The van der Waals surface area contributed by atoms with Crippen LogP contribution < -0.4 is 5.56 Å². The van der Waals surface area contributed by atoms with Crippen LogP contribution in [0.2, 0.25) is 0 Å². The molecule has 6 heteroatoms. The van der Waals surface area contributed by atoms with E-state index in [0.29, 0.717) is 29.1 Å². The van der Waals surface area contributed by atoms with Crippen LogP contribution in [-0.4, -0.2) is 39.2 Å². The number of aromatic nitrogens is 2. The van der Waals surface area contributed by atoms with Crippen molar-refractivity contribution < 1.29 is 4.79 Å². The molecule has 148 valence electrons. The molecular formula is C23H23N3O2S. The molecule has 0 saturated carbocycles. The Balaban J connectivity index is 2.01. The van der Waals surface area contributed by atoms with Crippen LogP contribution in [0.15, 0.2) is 83.8 Å². The van der Waals surface area contributed by atoms with Crippen LogP contribution in [0.3, 0.4) is 0 Å². The van der Waals surface area contributed by atoms with Crippen molar-refractivity contribution in [2.24, 2.45) is 0 Å². The van der Waals surface area contributed by atoms with Gasteiger partial charge in [-0.15, -0.1) is 13.2 Å². The van der Waals surface area contributed by atoms with Gasteiger partial charge in [-0.05, 0) is 31.2 Å². The monoisotopic (exact) mass is 405 g/mol. The number of para-hydroxylation sites is 1. The lowest BCUT2D eigenvalue weighted by Crippen LogP contribution is -2.33. The number of carbonyl (C=O) groups is 1. The summed E-state index contributed by atoms with van der Waals surface area (Å²) < 4.78 is 1.57. The molecule has 1 heterocycles. The summed E-state index contributed by atoms with van der Waals surface area (Å²) in [4.78, 5) is 32.2. The fraction of sp³-hybridized carbons (Fsp3) is 0.174. The molecule has 0 fully saturated rings. The molecule has 3 rings (SSSR count). The van der Waals surface area contributed by atoms with E-state index >= 15 is 0 Å². The lowest BCUT2D eigenvalue weighted by molar-refractivity contribution is -0.127. The highest BCUT2D eigenvalue weighted by atomic mass is 32.2. The van der Waals surface area contributed by atoms with Gasteiger partial charge in [-0.1, -0.05) is 53.7 Å². The lowest BCUT2D eigenvalue weighted by Gasteiger charge is -2.19. The SMILES string of the molecule is C=CCN(CC=C)C(=O)CSc1nc2ccccc2c(=O)n1-c1ccc(C)cc1. The average molecular weight is 406 g/mol. The summed E-state index contributed by atoms with van der Waals surface area (Å²) in [6.07, 6.45) is 3.37. The van der Waals surface area contributed by atoms with Gasteiger partial charge in [0.15, 0.2) is 5.16 Å². The first-order valence-electron chi connectivity index (χ1n) is 9.26. The Hall–Kier alpha value is -3.12. The Bertz CT molecular complexity index is 1090. The molecule has 0 aliphatic heterocycles. The molecule has 2 aromatic carbocycles. The van der Waals surface area contributed by atoms with E-state index in [2.05, 4.69) is 18.1 Å². The van der Waals surface area contributed by atoms with Crippen molar-refractivity contribution in [2.75, 3.05) is 18.8 Å². The molecule has 0 bridgehead atoms. The number of benzene rings is 2. The Kier molecular flexibility index (Phi) is 6.67. The van der Waals surface area contributed by atoms with E-state index in [1.54, 1.807) is 27.7 Å². The van der Waals surface area contributed by atoms with Gasteiger partial charge in [-0.2, -0.15) is 0 Å². The van der Waals surface area contributed by atoms with E-state index in [1.807, 2.05) is 49.4 Å². The van der Waals surface area contributed by atoms with Gasteiger partial charge in [0.1, 0.15) is 0 Å². The molecule has 29 heavy (non-hydrogen) atoms. The molecule has 0 N–H and O–H groups in total. The number of hydrogen-bond acceptors (Lipinski definition) is 4. The molecule has 5 nitrogen and oxygen atoms in total. The van der Waals surface area contributed by atoms with E-state index in [-0.39, 0.29) is 17.2 Å². The highest BCUT2D eigenvalue weighted by Crippen LogP contribution is 2.22. The zero-order valence-electron chi connectivity index (χ0n) is 16.4. The van der Waals surface area contributed by atoms with Gasteiger partial charge in [0.05, 0.1) is 22.3 Å². The third-order valence-electron chi connectivity index (χ3n) is 4.41. The lowest BCUT2D eigenvalue weighted by atomic mass is 10.2. The van der Waals surface area contributed by atoms with Crippen molar-refractivity contribution in [3.8, 4) is 5.69 Å². The molecule has 0 unspecified atom stereocenters. The molecule has 0 radical (unpaired) electrons. The molecule has 1 aromatic heterocycles. The zero-order chi connectivity index (χ0) is 20.8. The van der Waals surface area contributed by atoms with Crippen molar-refractivity contribution in [1.82, 2.24) is 14.5 Å². The quantitative estimate of drug-likeness (QED) is 0.323. The Morgan fingerprint density at radius 1 is 1.10 bits per heavy atom. The number of carbonyl (C=O) groups excluding carboxylic acids is 1. The maximum atomic E-state index is 13.2. The fourth-order valence-corrected chi connectivity index (χ4v) is 3.85. The molecule has 0 atom stereocenters. The van der Waals surface area contributed by atoms with Crippen LogP contribution in [0.4, 0.5) is 0 Å². The minimum atomic E-state index is -0.150. The fourth-order valence-electron chi connectivity index (χ4n) is 2.94.